The highest BCUT2D eigenvalue weighted by atomic mass is 16.8. The summed E-state index contributed by atoms with van der Waals surface area (Å²) in [4.78, 5) is 110. The zero-order chi connectivity index (χ0) is 73.6. The first-order valence-corrected chi connectivity index (χ1v) is 32.1. The van der Waals surface area contributed by atoms with E-state index in [2.05, 4.69) is 62.2 Å². The fourth-order valence-electron chi connectivity index (χ4n) is 7.45. The Morgan fingerprint density at radius 1 is 0.561 bits per heavy atom. The second kappa shape index (κ2) is 53.7. The van der Waals surface area contributed by atoms with Crippen LogP contribution in [-0.4, -0.2) is 161 Å². The number of carbonyl (C=O) groups excluding carboxylic acids is 7. The van der Waals surface area contributed by atoms with Gasteiger partial charge in [-0.15, -0.1) is 0 Å². The topological polar surface area (TPSA) is 398 Å². The van der Waals surface area contributed by atoms with E-state index in [-0.39, 0.29) is 43.9 Å². The van der Waals surface area contributed by atoms with Crippen molar-refractivity contribution in [2.45, 2.75) is 183 Å². The lowest BCUT2D eigenvalue weighted by Crippen LogP contribution is -2.33. The van der Waals surface area contributed by atoms with Crippen LogP contribution < -0.4 is 26.4 Å². The first-order valence-electron chi connectivity index (χ1n) is 32.1. The van der Waals surface area contributed by atoms with Gasteiger partial charge in [0.2, 0.25) is 12.6 Å². The molecule has 0 aliphatic carbocycles. The molecule has 0 aliphatic rings. The highest BCUT2D eigenvalue weighted by Gasteiger charge is 2.20. The molecule has 0 aliphatic heterocycles. The monoisotopic (exact) mass is 1390 g/mol. The SMILES string of the molecule is CC(OC(=O)CCCCCNC(=O)OC(C)(C)C)OC(=O)Oc1ccc([N+](=O)[O-])cc1.COCCCC/C(=N\OCCN)c1ccc(C)cc1.COCCCC/C(=N\OCCNC(=O)OC(C)OC(=O)CCCCCNC(=O)OC(C)(C)C)c1ccc(C)cc1.O=CO/C=C\C(=O)O. The van der Waals surface area contributed by atoms with Crippen LogP contribution in [0.4, 0.5) is 24.9 Å². The van der Waals surface area contributed by atoms with Crippen LogP contribution in [0.2, 0.25) is 0 Å². The number of benzene rings is 3. The van der Waals surface area contributed by atoms with Gasteiger partial charge in [0.05, 0.1) is 29.0 Å². The lowest BCUT2D eigenvalue weighted by Gasteiger charge is -2.19. The van der Waals surface area contributed by atoms with Crippen LogP contribution in [0, 0.1) is 24.0 Å². The highest BCUT2D eigenvalue weighted by Crippen LogP contribution is 2.19. The molecule has 98 heavy (non-hydrogen) atoms. The van der Waals surface area contributed by atoms with Crippen LogP contribution in [0.5, 0.6) is 5.75 Å². The van der Waals surface area contributed by atoms with Crippen molar-refractivity contribution >= 4 is 65.9 Å². The van der Waals surface area contributed by atoms with Gasteiger partial charge in [-0.25, -0.2) is 24.0 Å². The zero-order valence-corrected chi connectivity index (χ0v) is 58.7. The van der Waals surface area contributed by atoms with E-state index in [0.717, 1.165) is 85.9 Å². The third-order valence-electron chi connectivity index (χ3n) is 12.0. The molecule has 0 aromatic heterocycles. The third kappa shape index (κ3) is 51.9. The molecule has 3 aromatic carbocycles. The van der Waals surface area contributed by atoms with Crippen LogP contribution in [0.3, 0.4) is 0 Å². The average molecular weight is 1390 g/mol. The number of alkyl carbamates (subject to hydrolysis) is 3. The summed E-state index contributed by atoms with van der Waals surface area (Å²) in [5.74, 6) is -2.11. The summed E-state index contributed by atoms with van der Waals surface area (Å²) in [5.41, 5.74) is 10.5. The zero-order valence-electron chi connectivity index (χ0n) is 58.7. The molecule has 3 amide bonds. The molecule has 0 heterocycles. The van der Waals surface area contributed by atoms with Gasteiger partial charge < -0.3 is 83.8 Å². The van der Waals surface area contributed by atoms with Crippen LogP contribution in [0.1, 0.15) is 168 Å². The molecule has 2 unspecified atom stereocenters. The maximum absolute atomic E-state index is 12.0. The van der Waals surface area contributed by atoms with E-state index in [1.807, 2.05) is 31.2 Å². The highest BCUT2D eigenvalue weighted by molar-refractivity contribution is 6.00. The van der Waals surface area contributed by atoms with E-state index in [1.54, 1.807) is 55.8 Å². The summed E-state index contributed by atoms with van der Waals surface area (Å²) in [5, 5.41) is 34.8. The number of nitro groups is 1. The molecule has 2 atom stereocenters. The predicted octanol–water partition coefficient (Wildman–Crippen LogP) is 11.6. The number of esters is 2. The number of nitrogens with one attached hydrogen (secondary N) is 3. The Hall–Kier alpha value is -9.42. The second-order valence-electron chi connectivity index (χ2n) is 23.2. The van der Waals surface area contributed by atoms with Crippen LogP contribution >= 0.6 is 0 Å². The maximum Gasteiger partial charge on any atom is 0.516 e. The van der Waals surface area contributed by atoms with Crippen molar-refractivity contribution < 1.29 is 105 Å². The van der Waals surface area contributed by atoms with Gasteiger partial charge in [-0.05, 0) is 143 Å². The van der Waals surface area contributed by atoms with Crippen molar-refractivity contribution in [2.75, 3.05) is 66.8 Å². The van der Waals surface area contributed by atoms with Gasteiger partial charge >= 0.3 is 42.3 Å². The number of aryl methyl sites for hydroxylation is 2. The number of ether oxygens (including phenoxy) is 10. The van der Waals surface area contributed by atoms with E-state index in [4.69, 9.17) is 63.1 Å². The minimum absolute atomic E-state index is 0.0501. The Morgan fingerprint density at radius 3 is 1.40 bits per heavy atom. The first-order chi connectivity index (χ1) is 46.5. The quantitative estimate of drug-likeness (QED) is 0.00302. The number of oxime groups is 2. The number of carboxylic acids is 1. The molecule has 3 aromatic rings. The smallest absolute Gasteiger partial charge is 0.478 e. The summed E-state index contributed by atoms with van der Waals surface area (Å²) in [7, 11) is 3.40. The van der Waals surface area contributed by atoms with Crippen LogP contribution in [-0.2, 0) is 71.5 Å². The molecule has 0 bridgehead atoms. The molecule has 0 saturated heterocycles. The van der Waals surface area contributed by atoms with Crippen molar-refractivity contribution in [1.82, 2.24) is 16.0 Å². The molecule has 3 rings (SSSR count). The normalized spacial score (nSPS) is 11.7. The lowest BCUT2D eigenvalue weighted by molar-refractivity contribution is -0.384. The van der Waals surface area contributed by atoms with E-state index >= 15 is 0 Å². The lowest BCUT2D eigenvalue weighted by atomic mass is 10.0. The number of carbonyl (C=O) groups is 8. The van der Waals surface area contributed by atoms with Crippen LogP contribution in [0.15, 0.2) is 95.4 Å². The third-order valence-corrected chi connectivity index (χ3v) is 12.0. The molecule has 0 spiro atoms. The number of hydrogen-bond acceptors (Lipinski definition) is 25. The standard InChI is InChI=1S/C29H47N3O8.C20H28N2O9.C15H24N2O2.C4H4O4/c1-22-14-16-24(17-15-22)25(12-9-11-20-36-6)32-37-21-19-31-27(34)39-23(2)38-26(33)13-8-7-10-18-30-28(35)40-29(3,4)5;1-14(29-19(25)30-16-11-9-15(10-12-16)22(26)27)28-17(23)8-6-5-7-13-21-18(24)31-20(2,3)4;1-13-6-8-14(9-7-13)15(17-19-12-10-16)5-3-4-11-18-2;5-3-8-2-1-4(6)7/h14-17,23H,7-13,18-21H2,1-6H3,(H,30,35)(H,31,34);9-12,14H,5-8,13H2,1-4H3,(H,21,24);6-9H,3-5,10-12,16H2,1-2H3;1-3H,(H,6,7)/b32-25+;;17-15+;2-1-. The predicted molar refractivity (Wildman–Crippen MR) is 363 cm³/mol. The van der Waals surface area contributed by atoms with Crippen molar-refractivity contribution in [3.63, 3.8) is 0 Å². The number of hydrogen-bond donors (Lipinski definition) is 5. The molecule has 0 fully saturated rings. The summed E-state index contributed by atoms with van der Waals surface area (Å²) in [6.07, 6.45) is 6.26. The van der Waals surface area contributed by atoms with Gasteiger partial charge in [-0.2, -0.15) is 0 Å². The van der Waals surface area contributed by atoms with Gasteiger partial charge in [-0.3, -0.25) is 24.5 Å². The Balaban J connectivity index is 0.00000143. The van der Waals surface area contributed by atoms with Crippen LogP contribution in [0.25, 0.3) is 0 Å². The number of non-ortho nitro benzene ring substituents is 1. The molecular formula is C68H103N7O23. The van der Waals surface area contributed by atoms with Crippen molar-refractivity contribution in [3.05, 3.63) is 118 Å². The van der Waals surface area contributed by atoms with Crippen molar-refractivity contribution in [3.8, 4) is 5.75 Å². The number of nitrogens with two attached hydrogens (primary N) is 1. The number of rotatable bonds is 40. The minimum Gasteiger partial charge on any atom is -0.478 e. The Kier molecular flexibility index (Phi) is 48.5. The number of carboxylic acid groups (broad SMARTS) is 1. The average Bonchev–Trinajstić information content (AvgIpc) is 1.12. The maximum atomic E-state index is 12.0. The number of amides is 3. The summed E-state index contributed by atoms with van der Waals surface area (Å²) in [6, 6.07) is 21.2. The van der Waals surface area contributed by atoms with E-state index < -0.39 is 71.0 Å². The van der Waals surface area contributed by atoms with E-state index in [9.17, 15) is 48.5 Å². The number of unbranched alkanes of at least 4 members (excludes halogenated alkanes) is 6. The Morgan fingerprint density at radius 2 is 0.990 bits per heavy atom. The summed E-state index contributed by atoms with van der Waals surface area (Å²) < 4.78 is 49.1. The number of methoxy groups -OCH3 is 2. The summed E-state index contributed by atoms with van der Waals surface area (Å²) in [6.45, 7) is 21.4. The van der Waals surface area contributed by atoms with E-state index in [1.165, 1.54) is 43.7 Å². The number of aliphatic carboxylic acids is 1. The molecule has 0 saturated carbocycles. The minimum atomic E-state index is -1.16. The van der Waals surface area contributed by atoms with Gasteiger partial charge in [0.25, 0.3) is 12.2 Å². The fraction of sp³-hybridized carbons (Fsp3) is 0.559. The molecule has 6 N–H and O–H groups in total. The van der Waals surface area contributed by atoms with Crippen molar-refractivity contribution in [2.24, 2.45) is 16.0 Å². The second-order valence-corrected chi connectivity index (χ2v) is 23.2. The number of nitro benzene ring substituents is 1. The number of nitrogens with zero attached hydrogens (tertiary/aromatic N) is 3. The molecule has 0 radical (unpaired) electrons. The van der Waals surface area contributed by atoms with Gasteiger partial charge in [-0.1, -0.05) is 82.8 Å². The van der Waals surface area contributed by atoms with Gasteiger partial charge in [0.15, 0.2) is 0 Å². The summed E-state index contributed by atoms with van der Waals surface area (Å²) >= 11 is 0. The Labute approximate surface area is 574 Å². The molecule has 30 nitrogen and oxygen atoms in total. The molecule has 548 valence electrons. The first kappa shape index (κ1) is 88.6. The molecule has 30 heteroatoms. The van der Waals surface area contributed by atoms with Gasteiger partial charge in [0, 0.05) is 85.9 Å². The fourth-order valence-corrected chi connectivity index (χ4v) is 7.45. The van der Waals surface area contributed by atoms with Gasteiger partial charge in [0.1, 0.15) is 36.4 Å². The van der Waals surface area contributed by atoms with E-state index in [0.29, 0.717) is 71.0 Å². The molecular weight excluding hydrogens is 1280 g/mol. The Bertz CT molecular complexity index is 2860. The van der Waals surface area contributed by atoms with Crippen molar-refractivity contribution in [1.29, 1.82) is 0 Å². The largest absolute Gasteiger partial charge is 0.516 e.